The van der Waals surface area contributed by atoms with Crippen LogP contribution in [0.3, 0.4) is 0 Å². The number of pyridine rings is 1. The summed E-state index contributed by atoms with van der Waals surface area (Å²) in [5.74, 6) is 1.18. The minimum atomic E-state index is -4.46. The van der Waals surface area contributed by atoms with Crippen LogP contribution in [0.5, 0.6) is 0 Å². The van der Waals surface area contributed by atoms with Crippen LogP contribution < -0.4 is 5.32 Å². The second kappa shape index (κ2) is 8.17. The Morgan fingerprint density at radius 1 is 1.03 bits per heavy atom. The first kappa shape index (κ1) is 21.1. The molecule has 4 rings (SSSR count). The van der Waals surface area contributed by atoms with Gasteiger partial charge in [0, 0.05) is 22.6 Å². The van der Waals surface area contributed by atoms with Crippen molar-refractivity contribution >= 4 is 22.3 Å². The van der Waals surface area contributed by atoms with Gasteiger partial charge < -0.3 is 5.32 Å². The summed E-state index contributed by atoms with van der Waals surface area (Å²) in [6.07, 6.45) is -2.52. The van der Waals surface area contributed by atoms with Gasteiger partial charge in [0.25, 0.3) is 0 Å². The van der Waals surface area contributed by atoms with Crippen LogP contribution in [0.2, 0.25) is 0 Å². The number of aliphatic imine (C=N–C) groups is 1. The number of fused-ring (bicyclic) bond motifs is 1. The molecule has 0 bridgehead atoms. The fourth-order valence-electron chi connectivity index (χ4n) is 4.05. The number of benzene rings is 2. The maximum atomic E-state index is 13.6. The molecule has 1 aromatic heterocycles. The van der Waals surface area contributed by atoms with Gasteiger partial charge in [0.15, 0.2) is 0 Å². The third-order valence-electron chi connectivity index (χ3n) is 5.81. The van der Waals surface area contributed by atoms with Crippen molar-refractivity contribution in [2.24, 2.45) is 10.9 Å². The van der Waals surface area contributed by atoms with E-state index in [0.29, 0.717) is 17.1 Å². The highest BCUT2D eigenvalue weighted by Crippen LogP contribution is 2.38. The molecule has 2 aromatic carbocycles. The molecule has 1 N–H and O–H groups in total. The Labute approximate surface area is 179 Å². The number of allylic oxidation sites excluding steroid dienone is 1. The predicted molar refractivity (Wildman–Crippen MR) is 120 cm³/mol. The van der Waals surface area contributed by atoms with Gasteiger partial charge in [-0.1, -0.05) is 43.3 Å². The Bertz CT molecular complexity index is 1190. The van der Waals surface area contributed by atoms with Crippen molar-refractivity contribution in [1.29, 1.82) is 0 Å². The number of aromatic nitrogens is 1. The minimum absolute atomic E-state index is 0.0591. The van der Waals surface area contributed by atoms with Crippen LogP contribution in [0.25, 0.3) is 22.2 Å². The van der Waals surface area contributed by atoms with Crippen LogP contribution in [0, 0.1) is 5.92 Å². The highest BCUT2D eigenvalue weighted by atomic mass is 19.4. The molecule has 0 fully saturated rings. The third-order valence-corrected chi connectivity index (χ3v) is 5.81. The summed E-state index contributed by atoms with van der Waals surface area (Å²) in [7, 11) is 0. The highest BCUT2D eigenvalue weighted by molar-refractivity contribution is 5.95. The van der Waals surface area contributed by atoms with E-state index in [9.17, 15) is 13.2 Å². The molecule has 3 aromatic rings. The molecule has 0 aliphatic carbocycles. The van der Waals surface area contributed by atoms with E-state index < -0.39 is 11.7 Å². The zero-order valence-corrected chi connectivity index (χ0v) is 17.7. The fraction of sp³-hybridized carbons (Fsp3) is 0.280. The maximum absolute atomic E-state index is 13.6. The molecule has 31 heavy (non-hydrogen) atoms. The van der Waals surface area contributed by atoms with Gasteiger partial charge in [-0.25, -0.2) is 9.98 Å². The second-order valence-electron chi connectivity index (χ2n) is 7.93. The molecule has 1 aliphatic heterocycles. The van der Waals surface area contributed by atoms with E-state index in [1.807, 2.05) is 38.1 Å². The molecule has 2 heterocycles. The Morgan fingerprint density at radius 3 is 2.48 bits per heavy atom. The van der Waals surface area contributed by atoms with Crippen molar-refractivity contribution in [3.8, 4) is 11.3 Å². The fourth-order valence-corrected chi connectivity index (χ4v) is 4.05. The lowest BCUT2D eigenvalue weighted by Crippen LogP contribution is -2.18. The van der Waals surface area contributed by atoms with Crippen LogP contribution in [-0.2, 0) is 6.18 Å². The van der Waals surface area contributed by atoms with Gasteiger partial charge >= 0.3 is 6.18 Å². The first-order chi connectivity index (χ1) is 14.8. The summed E-state index contributed by atoms with van der Waals surface area (Å²) >= 11 is 0. The van der Waals surface area contributed by atoms with Crippen molar-refractivity contribution in [3.05, 3.63) is 71.6 Å². The topological polar surface area (TPSA) is 37.3 Å². The van der Waals surface area contributed by atoms with E-state index in [-0.39, 0.29) is 11.3 Å². The van der Waals surface area contributed by atoms with Crippen molar-refractivity contribution in [3.63, 3.8) is 0 Å². The minimum Gasteiger partial charge on any atom is -0.340 e. The molecule has 160 valence electrons. The lowest BCUT2D eigenvalue weighted by molar-refractivity contribution is -0.137. The van der Waals surface area contributed by atoms with Crippen molar-refractivity contribution < 1.29 is 13.2 Å². The zero-order chi connectivity index (χ0) is 22.2. The molecule has 0 saturated heterocycles. The van der Waals surface area contributed by atoms with Crippen LogP contribution >= 0.6 is 0 Å². The average Bonchev–Trinajstić information content (AvgIpc) is 2.75. The molecule has 0 radical (unpaired) electrons. The quantitative estimate of drug-likeness (QED) is 0.473. The largest absolute Gasteiger partial charge is 0.417 e. The van der Waals surface area contributed by atoms with Gasteiger partial charge in [0.1, 0.15) is 5.82 Å². The average molecular weight is 423 g/mol. The number of para-hydroxylation sites is 1. The van der Waals surface area contributed by atoms with Crippen LogP contribution in [0.1, 0.15) is 39.2 Å². The monoisotopic (exact) mass is 423 g/mol. The lowest BCUT2D eigenvalue weighted by Gasteiger charge is -2.24. The molecule has 3 nitrogen and oxygen atoms in total. The summed E-state index contributed by atoms with van der Waals surface area (Å²) < 4.78 is 40.9. The number of nitrogens with zero attached hydrogens (tertiary/aromatic N) is 2. The van der Waals surface area contributed by atoms with Gasteiger partial charge in [-0.2, -0.15) is 13.2 Å². The number of nitrogens with one attached hydrogen (secondary N) is 1. The Balaban J connectivity index is 1.85. The molecular formula is C25H24F3N3. The Morgan fingerprint density at radius 2 is 1.74 bits per heavy atom. The van der Waals surface area contributed by atoms with Gasteiger partial charge in [-0.05, 0) is 50.5 Å². The molecule has 1 aliphatic rings. The highest BCUT2D eigenvalue weighted by Gasteiger charge is 2.33. The van der Waals surface area contributed by atoms with Crippen LogP contribution in [0.15, 0.2) is 71.0 Å². The molecular weight excluding hydrogens is 399 g/mol. The summed E-state index contributed by atoms with van der Waals surface area (Å²) in [5.41, 5.74) is 3.15. The zero-order valence-electron chi connectivity index (χ0n) is 17.7. The normalized spacial score (nSPS) is 17.1. The first-order valence-corrected chi connectivity index (χ1v) is 10.4. The summed E-state index contributed by atoms with van der Waals surface area (Å²) in [6.45, 7) is 6.22. The first-order valence-electron chi connectivity index (χ1n) is 10.4. The van der Waals surface area contributed by atoms with Crippen LogP contribution in [0.4, 0.5) is 18.9 Å². The molecule has 0 saturated carbocycles. The van der Waals surface area contributed by atoms with Crippen molar-refractivity contribution in [2.45, 2.75) is 39.8 Å². The van der Waals surface area contributed by atoms with E-state index >= 15 is 0 Å². The number of alkyl halides is 3. The van der Waals surface area contributed by atoms with E-state index in [4.69, 9.17) is 4.99 Å². The van der Waals surface area contributed by atoms with Gasteiger partial charge in [-0.3, -0.25) is 0 Å². The Kier molecular flexibility index (Phi) is 5.56. The van der Waals surface area contributed by atoms with Gasteiger partial charge in [-0.15, -0.1) is 0 Å². The number of anilines is 1. The maximum Gasteiger partial charge on any atom is 0.417 e. The van der Waals surface area contributed by atoms with E-state index in [0.717, 1.165) is 41.4 Å². The molecule has 6 heteroatoms. The SMILES string of the molecule is CCC1CC(C)=C(Nc2cc(-c3ccccc3C(F)(F)F)nc3ccccc23)N=C1C. The Hall–Kier alpha value is -3.15. The summed E-state index contributed by atoms with van der Waals surface area (Å²) in [6, 6.07) is 14.7. The lowest BCUT2D eigenvalue weighted by atomic mass is 9.91. The van der Waals surface area contributed by atoms with Crippen LogP contribution in [-0.4, -0.2) is 10.7 Å². The second-order valence-corrected chi connectivity index (χ2v) is 7.93. The molecule has 0 amide bonds. The van der Waals surface area contributed by atoms with E-state index in [2.05, 4.69) is 17.2 Å². The number of rotatable bonds is 4. The smallest absolute Gasteiger partial charge is 0.340 e. The summed E-state index contributed by atoms with van der Waals surface area (Å²) in [5, 5.41) is 4.22. The third kappa shape index (κ3) is 4.20. The van der Waals surface area contributed by atoms with Gasteiger partial charge in [0.2, 0.25) is 0 Å². The van der Waals surface area contributed by atoms with Gasteiger partial charge in [0.05, 0.1) is 22.5 Å². The van der Waals surface area contributed by atoms with Crippen molar-refractivity contribution in [1.82, 2.24) is 4.98 Å². The van der Waals surface area contributed by atoms with E-state index in [1.54, 1.807) is 12.1 Å². The molecule has 1 unspecified atom stereocenters. The molecule has 0 spiro atoms. The molecule has 1 atom stereocenters. The number of hydrogen-bond acceptors (Lipinski definition) is 3. The van der Waals surface area contributed by atoms with E-state index in [1.165, 1.54) is 12.1 Å². The summed E-state index contributed by atoms with van der Waals surface area (Å²) in [4.78, 5) is 9.30. The number of halogens is 3. The van der Waals surface area contributed by atoms with Crippen molar-refractivity contribution in [2.75, 3.05) is 5.32 Å². The number of hydrogen-bond donors (Lipinski definition) is 1. The standard InChI is InChI=1S/C25H24F3N3/c1-4-17-13-15(2)24(29-16(17)3)31-23-14-22(30-21-12-8-6-10-19(21)23)18-9-5-7-11-20(18)25(26,27)28/h5-12,14,17H,4,13H2,1-3H3,(H,30,31). The predicted octanol–water partition coefficient (Wildman–Crippen LogP) is 7.45.